The molecule has 0 saturated heterocycles. The van der Waals surface area contributed by atoms with Crippen LogP contribution in [0.2, 0.25) is 117 Å². The van der Waals surface area contributed by atoms with Crippen LogP contribution in [0.3, 0.4) is 0 Å². The number of hydrogen-bond acceptors (Lipinski definition) is 9. The summed E-state index contributed by atoms with van der Waals surface area (Å²) in [6, 6.07) is 26.5. The van der Waals surface area contributed by atoms with Crippen LogP contribution in [0, 0.1) is 59.2 Å². The Bertz CT molecular complexity index is 2770. The lowest BCUT2D eigenvalue weighted by atomic mass is 9.86. The second-order valence-electron chi connectivity index (χ2n) is 48.2. The Labute approximate surface area is 823 Å². The number of benzene rings is 1. The van der Waals surface area contributed by atoms with Gasteiger partial charge in [-0.15, -0.1) is 6.58 Å². The van der Waals surface area contributed by atoms with E-state index in [0.29, 0.717) is 98.9 Å². The summed E-state index contributed by atoms with van der Waals surface area (Å²) < 4.78 is 46.4. The van der Waals surface area contributed by atoms with Crippen molar-refractivity contribution in [3.05, 3.63) is 60.8 Å². The molecule has 11 nitrogen and oxygen atoms in total. The van der Waals surface area contributed by atoms with E-state index in [1.165, 1.54) is 105 Å². The standard InChI is InChI=1S/C35H75NO3Si2.C29H61NO3Si2.C18H32OSi.C18H40OSi.C12H26OSi/c1-26(2)23-34(29(7)8)35(37)36(19-17-21-40(32(13)14,24-27(3)4)38-30(9)10)20-18-22-41(33(15)16,25-28(5)6)39-31(11)12;1-14-29(31)30(17-15-19-34(27(10)11,21-23(2)3)32-25(6)7)18-16-20-35(28(12)13,22-24(4)5)33-26(8)9;1-15(2)14-20(17(5)6,19-16(3)4)13-12-18-10-8-7-9-11-18;1-8-9-10-11-12-13-14-20(18(6)7,15-16(2)3)19-17(4)5;1-8-14(12(6)7,9-10(2)3)13-11(4)5/h26-34H,17-25H2,1-16H3;14,23-28H,1,15-22H2,2-13H3;7-11,15-17H,12-14H2,1-6H3;16-18H,8-15H2,1-7H3;8,10-12H,1,9H2,2-7H3. The van der Waals surface area contributed by atoms with E-state index in [0.717, 1.165) is 106 Å². The van der Waals surface area contributed by atoms with E-state index in [1.807, 2.05) is 4.90 Å². The highest BCUT2D eigenvalue weighted by molar-refractivity contribution is 6.80. The first-order valence-corrected chi connectivity index (χ1v) is 71.2. The van der Waals surface area contributed by atoms with Gasteiger partial charge < -0.3 is 40.8 Å². The molecular weight excluding hydrogens is 1710 g/mol. The van der Waals surface area contributed by atoms with Crippen molar-refractivity contribution < 1.29 is 40.6 Å². The van der Waals surface area contributed by atoms with Crippen LogP contribution < -0.4 is 0 Å². The maximum atomic E-state index is 14.2. The first kappa shape index (κ1) is 135. The number of hydrogen-bond donors (Lipinski definition) is 0. The quantitative estimate of drug-likeness (QED) is 0.0358. The molecule has 1 rings (SSSR count). The normalized spacial score (nSPS) is 16.0. The van der Waals surface area contributed by atoms with Crippen LogP contribution in [0.1, 0.15) is 402 Å². The smallest absolute Gasteiger partial charge is 0.245 e. The molecule has 0 N–H and O–H groups in total. The van der Waals surface area contributed by atoms with E-state index >= 15 is 0 Å². The molecule has 0 heterocycles. The fraction of sp³-hybridized carbons (Fsp3) is 0.893. The zero-order valence-corrected chi connectivity index (χ0v) is 103. The summed E-state index contributed by atoms with van der Waals surface area (Å²) in [6.07, 6.45) is 18.2. The van der Waals surface area contributed by atoms with Crippen molar-refractivity contribution in [1.29, 1.82) is 0 Å². The van der Waals surface area contributed by atoms with Crippen LogP contribution in [-0.4, -0.2) is 149 Å². The third-order valence-corrected chi connectivity index (χ3v) is 66.0. The topological polar surface area (TPSA) is 105 Å². The van der Waals surface area contributed by atoms with E-state index in [4.69, 9.17) is 31.0 Å². The van der Waals surface area contributed by atoms with Gasteiger partial charge in [0, 0.05) is 74.8 Å². The minimum atomic E-state index is -1.94. The predicted molar refractivity (Wildman–Crippen MR) is 599 cm³/mol. The summed E-state index contributed by atoms with van der Waals surface area (Å²) in [4.78, 5) is 31.3. The van der Waals surface area contributed by atoms with E-state index in [9.17, 15) is 9.59 Å². The molecule has 0 aromatic heterocycles. The average molecular weight is 1950 g/mol. The van der Waals surface area contributed by atoms with Gasteiger partial charge in [0.15, 0.2) is 49.9 Å². The highest BCUT2D eigenvalue weighted by atomic mass is 28.4. The molecule has 0 bridgehead atoms. The summed E-state index contributed by atoms with van der Waals surface area (Å²) in [5.74, 6) is 6.12. The first-order chi connectivity index (χ1) is 59.9. The number of aryl methyl sites for hydroxylation is 1. The molecule has 8 unspecified atom stereocenters. The maximum absolute atomic E-state index is 14.2. The number of rotatable bonds is 67. The summed E-state index contributed by atoms with van der Waals surface area (Å²) >= 11 is 0. The fourth-order valence-electron chi connectivity index (χ4n) is 20.7. The summed E-state index contributed by atoms with van der Waals surface area (Å²) in [5, 5.41) is 0. The third kappa shape index (κ3) is 57.6. The summed E-state index contributed by atoms with van der Waals surface area (Å²) in [5.41, 5.74) is 7.88. The molecule has 0 aliphatic carbocycles. The SMILES string of the molecule is C=CC(=O)N(CCC[Si](CC(C)C)(OC(C)C)C(C)C)CCC[Si](CC(C)C)(OC(C)C)C(C)C.C=C[Si](CC(C)C)(OC(C)C)C(C)C.CC(C)CC(C(=O)N(CCC[Si](CC(C)C)(OC(C)C)C(C)C)CCC[Si](CC(C)C)(OC(C)C)C(C)C)C(C)C.CC(C)C[Si](CCc1ccccc1)(OC(C)C)C(C)C.CCCCCCCC[Si](CC(C)C)(OC(C)C)C(C)C. The van der Waals surface area contributed by atoms with Crippen molar-refractivity contribution in [3.8, 4) is 0 Å². The molecule has 2 amide bonds. The Morgan fingerprint density at radius 2 is 0.554 bits per heavy atom. The molecule has 0 radical (unpaired) electrons. The van der Waals surface area contributed by atoms with Gasteiger partial charge in [-0.25, -0.2) is 0 Å². The largest absolute Gasteiger partial charge is 0.414 e. The van der Waals surface area contributed by atoms with Crippen molar-refractivity contribution in [2.45, 2.75) is 563 Å². The van der Waals surface area contributed by atoms with Crippen LogP contribution in [0.25, 0.3) is 0 Å². The Morgan fingerprint density at radius 1 is 0.300 bits per heavy atom. The van der Waals surface area contributed by atoms with Gasteiger partial charge in [-0.3, -0.25) is 9.59 Å². The van der Waals surface area contributed by atoms with Crippen molar-refractivity contribution >= 4 is 70.0 Å². The Hall–Kier alpha value is -1.12. The molecule has 0 fully saturated rings. The van der Waals surface area contributed by atoms with Gasteiger partial charge in [-0.1, -0.05) is 310 Å². The molecule has 1 aromatic carbocycles. The van der Waals surface area contributed by atoms with Crippen LogP contribution in [0.15, 0.2) is 55.3 Å². The van der Waals surface area contributed by atoms with Gasteiger partial charge in [0.2, 0.25) is 20.1 Å². The molecule has 0 aliphatic heterocycles. The zero-order chi connectivity index (χ0) is 102. The number of unbranched alkanes of at least 4 members (excludes halogenated alkanes) is 5. The first-order valence-electron chi connectivity index (χ1n) is 54.5. The Kier molecular flexibility index (Phi) is 73.3. The van der Waals surface area contributed by atoms with Crippen molar-refractivity contribution in [3.63, 3.8) is 0 Å². The van der Waals surface area contributed by atoms with Crippen LogP contribution in [-0.2, 0) is 47.0 Å². The highest BCUT2D eigenvalue weighted by Gasteiger charge is 2.47. The van der Waals surface area contributed by atoms with Crippen LogP contribution >= 0.6 is 0 Å². The van der Waals surface area contributed by atoms with Gasteiger partial charge in [-0.2, -0.15) is 0 Å². The zero-order valence-electron chi connectivity index (χ0n) is 96.4. The molecule has 0 saturated carbocycles. The lowest BCUT2D eigenvalue weighted by Gasteiger charge is -2.40. The van der Waals surface area contributed by atoms with Crippen LogP contribution in [0.5, 0.6) is 0 Å². The van der Waals surface area contributed by atoms with Gasteiger partial charge >= 0.3 is 0 Å². The minimum absolute atomic E-state index is 0.0564. The second kappa shape index (κ2) is 70.5. The van der Waals surface area contributed by atoms with E-state index < -0.39 is 58.2 Å². The van der Waals surface area contributed by atoms with Gasteiger partial charge in [0.25, 0.3) is 0 Å². The monoisotopic (exact) mass is 1950 g/mol. The molecule has 18 heteroatoms. The molecule has 130 heavy (non-hydrogen) atoms. The molecule has 0 aliphatic rings. The van der Waals surface area contributed by atoms with Crippen molar-refractivity contribution in [2.24, 2.45) is 59.2 Å². The average Bonchev–Trinajstić information content (AvgIpc) is 0.815. The molecule has 1 aromatic rings. The van der Waals surface area contributed by atoms with E-state index in [-0.39, 0.29) is 36.2 Å². The molecule has 0 spiro atoms. The van der Waals surface area contributed by atoms with Crippen molar-refractivity contribution in [1.82, 2.24) is 9.80 Å². The van der Waals surface area contributed by atoms with E-state index in [1.54, 1.807) is 0 Å². The maximum Gasteiger partial charge on any atom is 0.245 e. The predicted octanol–water partition coefficient (Wildman–Crippen LogP) is 36.0. The lowest BCUT2D eigenvalue weighted by Crippen LogP contribution is -2.47. The fourth-order valence-corrected chi connectivity index (χ4v) is 53.4. The second-order valence-corrected chi connectivity index (χ2v) is 78.9. The molecular formula is C112H234N2O9Si7. The van der Waals surface area contributed by atoms with Crippen molar-refractivity contribution in [2.75, 3.05) is 26.2 Å². The summed E-state index contributed by atoms with van der Waals surface area (Å²) in [7, 11) is -12.6. The number of carbonyl (C=O) groups excluding carboxylic acids is 2. The van der Waals surface area contributed by atoms with Gasteiger partial charge in [0.1, 0.15) is 0 Å². The minimum Gasteiger partial charge on any atom is -0.414 e. The number of carbonyl (C=O) groups is 2. The highest BCUT2D eigenvalue weighted by Crippen LogP contribution is 2.43. The van der Waals surface area contributed by atoms with Gasteiger partial charge in [-0.05, 0) is 318 Å². The number of amides is 2. The third-order valence-electron chi connectivity index (χ3n) is 26.6. The Morgan fingerprint density at radius 3 is 0.777 bits per heavy atom. The molecule has 774 valence electrons. The van der Waals surface area contributed by atoms with Gasteiger partial charge in [0.05, 0.1) is 0 Å². The van der Waals surface area contributed by atoms with Crippen LogP contribution in [0.4, 0.5) is 0 Å². The number of nitrogens with zero attached hydrogens (tertiary/aromatic N) is 2. The lowest BCUT2D eigenvalue weighted by molar-refractivity contribution is -0.137. The van der Waals surface area contributed by atoms with E-state index in [2.05, 4.69) is 380 Å². The summed E-state index contributed by atoms with van der Waals surface area (Å²) in [6.45, 7) is 118. The Balaban J connectivity index is -0.000000803. The molecule has 8 atom stereocenters.